The van der Waals surface area contributed by atoms with Gasteiger partial charge in [-0.2, -0.15) is 0 Å². The van der Waals surface area contributed by atoms with Gasteiger partial charge in [0, 0.05) is 24.9 Å². The summed E-state index contributed by atoms with van der Waals surface area (Å²) < 4.78 is 0. The minimum absolute atomic E-state index is 0.299. The van der Waals surface area contributed by atoms with Crippen molar-refractivity contribution in [2.24, 2.45) is 0 Å². The zero-order chi connectivity index (χ0) is 11.7. The lowest BCUT2D eigenvalue weighted by atomic mass is 9.93. The maximum absolute atomic E-state index is 4.47. The molecule has 0 saturated carbocycles. The molecule has 17 heavy (non-hydrogen) atoms. The number of hydrogen-bond donors (Lipinski definition) is 1. The molecule has 86 valence electrons. The van der Waals surface area contributed by atoms with Gasteiger partial charge < -0.3 is 5.32 Å². The van der Waals surface area contributed by atoms with Crippen molar-refractivity contribution in [1.82, 2.24) is 10.3 Å². The molecule has 2 aromatic rings. The predicted octanol–water partition coefficient (Wildman–Crippen LogP) is 2.63. The first kappa shape index (κ1) is 10.5. The lowest BCUT2D eigenvalue weighted by molar-refractivity contribution is 0.558. The van der Waals surface area contributed by atoms with Crippen molar-refractivity contribution in [3.63, 3.8) is 0 Å². The fourth-order valence-corrected chi connectivity index (χ4v) is 2.42. The van der Waals surface area contributed by atoms with Gasteiger partial charge in [-0.25, -0.2) is 0 Å². The van der Waals surface area contributed by atoms with E-state index in [1.54, 1.807) is 0 Å². The highest BCUT2D eigenvalue weighted by atomic mass is 14.9. The van der Waals surface area contributed by atoms with E-state index < -0.39 is 0 Å². The summed E-state index contributed by atoms with van der Waals surface area (Å²) in [5, 5.41) is 3.57. The lowest BCUT2D eigenvalue weighted by Crippen LogP contribution is -2.31. The van der Waals surface area contributed by atoms with Gasteiger partial charge in [0.1, 0.15) is 0 Å². The number of benzene rings is 1. The molecule has 2 nitrogen and oxygen atoms in total. The maximum atomic E-state index is 4.47. The van der Waals surface area contributed by atoms with Gasteiger partial charge in [-0.1, -0.05) is 35.9 Å². The van der Waals surface area contributed by atoms with Crippen molar-refractivity contribution in [1.29, 1.82) is 0 Å². The fraction of sp³-hybridized carbons (Fsp3) is 0.267. The van der Waals surface area contributed by atoms with Gasteiger partial charge in [0.25, 0.3) is 0 Å². The van der Waals surface area contributed by atoms with Gasteiger partial charge in [-0.3, -0.25) is 4.98 Å². The average Bonchev–Trinajstić information content (AvgIpc) is 2.39. The summed E-state index contributed by atoms with van der Waals surface area (Å²) in [4.78, 5) is 4.47. The Labute approximate surface area is 102 Å². The summed E-state index contributed by atoms with van der Waals surface area (Å²) in [7, 11) is 0. The van der Waals surface area contributed by atoms with Crippen molar-refractivity contribution in [3.05, 3.63) is 65.0 Å². The minimum atomic E-state index is 0.299. The molecule has 0 aliphatic carbocycles. The van der Waals surface area contributed by atoms with E-state index in [1.807, 2.05) is 12.3 Å². The molecule has 0 bridgehead atoms. The molecular weight excluding hydrogens is 208 g/mol. The molecule has 1 atom stereocenters. The third kappa shape index (κ3) is 1.96. The smallest absolute Gasteiger partial charge is 0.0594 e. The average molecular weight is 224 g/mol. The van der Waals surface area contributed by atoms with Crippen LogP contribution in [0.25, 0.3) is 0 Å². The number of hydrogen-bond acceptors (Lipinski definition) is 2. The van der Waals surface area contributed by atoms with Crippen LogP contribution in [0.4, 0.5) is 0 Å². The summed E-state index contributed by atoms with van der Waals surface area (Å²) in [6, 6.07) is 13.2. The molecule has 2 heterocycles. The van der Waals surface area contributed by atoms with Crippen LogP contribution in [-0.4, -0.2) is 11.5 Å². The Kier molecular flexibility index (Phi) is 2.65. The van der Waals surface area contributed by atoms with E-state index in [2.05, 4.69) is 47.6 Å². The minimum Gasteiger partial charge on any atom is -0.306 e. The fourth-order valence-electron chi connectivity index (χ4n) is 2.42. The third-order valence-electron chi connectivity index (χ3n) is 3.36. The normalized spacial score (nSPS) is 18.8. The molecular formula is C15H16N2. The van der Waals surface area contributed by atoms with E-state index >= 15 is 0 Å². The SMILES string of the molecule is Cc1ccc(C2NCCc3ncccc32)cc1. The Morgan fingerprint density at radius 3 is 2.82 bits per heavy atom. The molecule has 0 amide bonds. The van der Waals surface area contributed by atoms with E-state index in [0.717, 1.165) is 13.0 Å². The molecule has 1 unspecified atom stereocenters. The Hall–Kier alpha value is -1.67. The Bertz CT molecular complexity index is 517. The largest absolute Gasteiger partial charge is 0.306 e. The van der Waals surface area contributed by atoms with E-state index in [0.29, 0.717) is 6.04 Å². The Morgan fingerprint density at radius 1 is 1.18 bits per heavy atom. The first-order valence-corrected chi connectivity index (χ1v) is 6.08. The summed E-state index contributed by atoms with van der Waals surface area (Å²) in [5.74, 6) is 0. The first-order chi connectivity index (χ1) is 8.34. The summed E-state index contributed by atoms with van der Waals surface area (Å²) >= 11 is 0. The first-order valence-electron chi connectivity index (χ1n) is 6.08. The van der Waals surface area contributed by atoms with Crippen molar-refractivity contribution in [2.75, 3.05) is 6.54 Å². The lowest BCUT2D eigenvalue weighted by Gasteiger charge is -2.26. The second kappa shape index (κ2) is 4.30. The molecule has 1 aliphatic heterocycles. The summed E-state index contributed by atoms with van der Waals surface area (Å²) in [5.41, 5.74) is 5.18. The van der Waals surface area contributed by atoms with Gasteiger partial charge in [-0.15, -0.1) is 0 Å². The van der Waals surface area contributed by atoms with E-state index in [-0.39, 0.29) is 0 Å². The van der Waals surface area contributed by atoms with Gasteiger partial charge in [0.05, 0.1) is 6.04 Å². The molecule has 2 heteroatoms. The Morgan fingerprint density at radius 2 is 2.00 bits per heavy atom. The van der Waals surface area contributed by atoms with Crippen LogP contribution in [-0.2, 0) is 6.42 Å². The van der Waals surface area contributed by atoms with Crippen LogP contribution in [0.1, 0.15) is 28.4 Å². The van der Waals surface area contributed by atoms with Crippen LogP contribution >= 0.6 is 0 Å². The van der Waals surface area contributed by atoms with E-state index in [9.17, 15) is 0 Å². The van der Waals surface area contributed by atoms with Gasteiger partial charge in [0.2, 0.25) is 0 Å². The van der Waals surface area contributed by atoms with Crippen LogP contribution in [0.15, 0.2) is 42.6 Å². The van der Waals surface area contributed by atoms with Gasteiger partial charge >= 0.3 is 0 Å². The molecule has 1 N–H and O–H groups in total. The molecule has 1 aromatic heterocycles. The Balaban J connectivity index is 2.03. The van der Waals surface area contributed by atoms with Crippen molar-refractivity contribution >= 4 is 0 Å². The number of rotatable bonds is 1. The highest BCUT2D eigenvalue weighted by molar-refractivity contribution is 5.37. The van der Waals surface area contributed by atoms with Crippen LogP contribution in [0.5, 0.6) is 0 Å². The van der Waals surface area contributed by atoms with E-state index in [1.165, 1.54) is 22.4 Å². The summed E-state index contributed by atoms with van der Waals surface area (Å²) in [6.07, 6.45) is 2.91. The zero-order valence-corrected chi connectivity index (χ0v) is 9.98. The number of fused-ring (bicyclic) bond motifs is 1. The van der Waals surface area contributed by atoms with Crippen LogP contribution in [0, 0.1) is 6.92 Å². The number of aryl methyl sites for hydroxylation is 1. The molecule has 0 saturated heterocycles. The van der Waals surface area contributed by atoms with Crippen molar-refractivity contribution in [2.45, 2.75) is 19.4 Å². The van der Waals surface area contributed by atoms with Crippen LogP contribution in [0.3, 0.4) is 0 Å². The van der Waals surface area contributed by atoms with E-state index in [4.69, 9.17) is 0 Å². The van der Waals surface area contributed by atoms with Gasteiger partial charge in [-0.05, 0) is 24.1 Å². The molecule has 0 spiro atoms. The molecule has 3 rings (SSSR count). The van der Waals surface area contributed by atoms with Crippen molar-refractivity contribution in [3.8, 4) is 0 Å². The molecule has 0 fully saturated rings. The van der Waals surface area contributed by atoms with Crippen molar-refractivity contribution < 1.29 is 0 Å². The van der Waals surface area contributed by atoms with Gasteiger partial charge in [0.15, 0.2) is 0 Å². The third-order valence-corrected chi connectivity index (χ3v) is 3.36. The monoisotopic (exact) mass is 224 g/mol. The highest BCUT2D eigenvalue weighted by Gasteiger charge is 2.21. The van der Waals surface area contributed by atoms with Crippen LogP contribution < -0.4 is 5.32 Å². The highest BCUT2D eigenvalue weighted by Crippen LogP contribution is 2.27. The number of nitrogens with zero attached hydrogens (tertiary/aromatic N) is 1. The standard InChI is InChI=1S/C15H16N2/c1-11-4-6-12(7-5-11)15-13-3-2-9-16-14(13)8-10-17-15/h2-7,9,15,17H,8,10H2,1H3. The quantitative estimate of drug-likeness (QED) is 0.805. The predicted molar refractivity (Wildman–Crippen MR) is 69.0 cm³/mol. The maximum Gasteiger partial charge on any atom is 0.0594 e. The number of aromatic nitrogens is 1. The molecule has 1 aliphatic rings. The summed E-state index contributed by atoms with van der Waals surface area (Å²) in [6.45, 7) is 3.12. The number of nitrogens with one attached hydrogen (secondary N) is 1. The second-order valence-corrected chi connectivity index (χ2v) is 4.59. The zero-order valence-electron chi connectivity index (χ0n) is 9.98. The number of pyridine rings is 1. The molecule has 1 aromatic carbocycles. The topological polar surface area (TPSA) is 24.9 Å². The van der Waals surface area contributed by atoms with Crippen LogP contribution in [0.2, 0.25) is 0 Å². The second-order valence-electron chi connectivity index (χ2n) is 4.59. The molecule has 0 radical (unpaired) electrons.